The molecule has 0 spiro atoms. The first kappa shape index (κ1) is 9.79. The number of rotatable bonds is 1. The monoisotopic (exact) mass is 251 g/mol. The molecule has 0 amide bonds. The Morgan fingerprint density at radius 3 is 2.94 bits per heavy atom. The number of pyridine rings is 1. The zero-order valence-corrected chi connectivity index (χ0v) is 10.3. The summed E-state index contributed by atoms with van der Waals surface area (Å²) in [5.74, 6) is 0. The van der Waals surface area contributed by atoms with Crippen molar-refractivity contribution < 1.29 is 0 Å². The maximum Gasteiger partial charge on any atom is 0.137 e. The van der Waals surface area contributed by atoms with Gasteiger partial charge in [-0.3, -0.25) is 0 Å². The highest BCUT2D eigenvalue weighted by Crippen LogP contribution is 2.30. The molecule has 0 aliphatic rings. The number of para-hydroxylation sites is 1. The van der Waals surface area contributed by atoms with Gasteiger partial charge in [0, 0.05) is 24.2 Å². The molecule has 3 nitrogen and oxygen atoms in total. The number of thiazole rings is 1. The average molecular weight is 251 g/mol. The Bertz CT molecular complexity index is 811. The first-order valence-corrected chi connectivity index (χ1v) is 6.50. The number of aromatic nitrogens is 3. The van der Waals surface area contributed by atoms with Gasteiger partial charge in [0.1, 0.15) is 10.7 Å². The van der Waals surface area contributed by atoms with Crippen molar-refractivity contribution in [1.29, 1.82) is 0 Å². The summed E-state index contributed by atoms with van der Waals surface area (Å²) in [4.78, 5) is 8.95. The fraction of sp³-hybridized carbons (Fsp3) is 0. The van der Waals surface area contributed by atoms with Gasteiger partial charge in [-0.25, -0.2) is 9.97 Å². The number of fused-ring (bicyclic) bond motifs is 2. The van der Waals surface area contributed by atoms with E-state index >= 15 is 0 Å². The third kappa shape index (κ3) is 1.43. The molecule has 4 aromatic rings. The van der Waals surface area contributed by atoms with Crippen LogP contribution in [0.1, 0.15) is 0 Å². The number of hydrogen-bond acceptors (Lipinski definition) is 3. The quantitative estimate of drug-likeness (QED) is 0.517. The topological polar surface area (TPSA) is 30.2 Å². The molecule has 0 saturated heterocycles. The van der Waals surface area contributed by atoms with Crippen molar-refractivity contribution in [2.24, 2.45) is 0 Å². The highest BCUT2D eigenvalue weighted by Gasteiger charge is 2.06. The second-order valence-corrected chi connectivity index (χ2v) is 5.13. The van der Waals surface area contributed by atoms with E-state index in [-0.39, 0.29) is 0 Å². The highest BCUT2D eigenvalue weighted by molar-refractivity contribution is 7.21. The van der Waals surface area contributed by atoms with Crippen molar-refractivity contribution in [1.82, 2.24) is 14.4 Å². The van der Waals surface area contributed by atoms with E-state index in [9.17, 15) is 0 Å². The Morgan fingerprint density at radius 2 is 2.00 bits per heavy atom. The molecule has 0 N–H and O–H groups in total. The lowest BCUT2D eigenvalue weighted by atomic mass is 10.3. The summed E-state index contributed by atoms with van der Waals surface area (Å²) in [6.45, 7) is 0. The van der Waals surface area contributed by atoms with E-state index in [1.165, 1.54) is 4.70 Å². The Hall–Kier alpha value is -2.20. The smallest absolute Gasteiger partial charge is 0.137 e. The largest absolute Gasteiger partial charge is 0.307 e. The summed E-state index contributed by atoms with van der Waals surface area (Å²) in [6, 6.07) is 12.4. The summed E-state index contributed by atoms with van der Waals surface area (Å²) >= 11 is 1.71. The van der Waals surface area contributed by atoms with Crippen LogP contribution in [0.4, 0.5) is 0 Å². The van der Waals surface area contributed by atoms with E-state index in [1.54, 1.807) is 17.5 Å². The van der Waals surface area contributed by atoms with Gasteiger partial charge >= 0.3 is 0 Å². The number of nitrogens with zero attached hydrogens (tertiary/aromatic N) is 3. The molecule has 0 radical (unpaired) electrons. The number of benzene rings is 1. The molecule has 0 fully saturated rings. The highest BCUT2D eigenvalue weighted by atomic mass is 32.1. The predicted molar refractivity (Wildman–Crippen MR) is 73.8 cm³/mol. The Labute approximate surface area is 107 Å². The summed E-state index contributed by atoms with van der Waals surface area (Å²) in [5, 5.41) is 1.04. The molecule has 4 rings (SSSR count). The second-order valence-electron chi connectivity index (χ2n) is 4.09. The maximum atomic E-state index is 4.66. The molecule has 0 bridgehead atoms. The van der Waals surface area contributed by atoms with Gasteiger partial charge < -0.3 is 4.40 Å². The first-order valence-electron chi connectivity index (χ1n) is 5.69. The van der Waals surface area contributed by atoms with Gasteiger partial charge in [0.2, 0.25) is 0 Å². The van der Waals surface area contributed by atoms with Crippen LogP contribution in [0.25, 0.3) is 26.4 Å². The van der Waals surface area contributed by atoms with Gasteiger partial charge in [0.15, 0.2) is 0 Å². The molecule has 3 aromatic heterocycles. The molecule has 0 aliphatic carbocycles. The minimum Gasteiger partial charge on any atom is -0.307 e. The fourth-order valence-corrected chi connectivity index (χ4v) is 3.00. The minimum atomic E-state index is 0.951. The zero-order valence-electron chi connectivity index (χ0n) is 9.45. The standard InChI is InChI=1S/C14H9N3S/c1-2-4-12-11(3-1)16-14(18-12)10-5-7-17-8-6-15-13(17)9-10/h1-9H. The normalized spacial score (nSPS) is 11.3. The van der Waals surface area contributed by atoms with Gasteiger partial charge in [-0.15, -0.1) is 11.3 Å². The molecular weight excluding hydrogens is 242 g/mol. The van der Waals surface area contributed by atoms with Crippen molar-refractivity contribution in [3.05, 3.63) is 55.0 Å². The molecule has 1 aromatic carbocycles. The SMILES string of the molecule is c1ccc2sc(-c3ccn4ccnc4c3)nc2c1. The zero-order chi connectivity index (χ0) is 11.9. The van der Waals surface area contributed by atoms with E-state index in [1.807, 2.05) is 35.0 Å². The van der Waals surface area contributed by atoms with Gasteiger partial charge in [-0.2, -0.15) is 0 Å². The van der Waals surface area contributed by atoms with Crippen LogP contribution < -0.4 is 0 Å². The summed E-state index contributed by atoms with van der Waals surface area (Å²) in [7, 11) is 0. The van der Waals surface area contributed by atoms with Gasteiger partial charge in [0.25, 0.3) is 0 Å². The summed E-state index contributed by atoms with van der Waals surface area (Å²) in [6.07, 6.45) is 5.76. The molecule has 4 heteroatoms. The third-order valence-corrected chi connectivity index (χ3v) is 4.02. The molecule has 86 valence electrons. The van der Waals surface area contributed by atoms with Crippen molar-refractivity contribution in [2.75, 3.05) is 0 Å². The van der Waals surface area contributed by atoms with Crippen LogP contribution in [0, 0.1) is 0 Å². The lowest BCUT2D eigenvalue weighted by Crippen LogP contribution is -1.83. The molecule has 3 heterocycles. The lowest BCUT2D eigenvalue weighted by Gasteiger charge is -1.97. The maximum absolute atomic E-state index is 4.66. The van der Waals surface area contributed by atoms with E-state index in [2.05, 4.69) is 28.2 Å². The fourth-order valence-electron chi connectivity index (χ4n) is 2.04. The lowest BCUT2D eigenvalue weighted by molar-refractivity contribution is 1.19. The van der Waals surface area contributed by atoms with Crippen molar-refractivity contribution in [2.45, 2.75) is 0 Å². The minimum absolute atomic E-state index is 0.951. The molecule has 0 unspecified atom stereocenters. The number of hydrogen-bond donors (Lipinski definition) is 0. The van der Waals surface area contributed by atoms with E-state index in [4.69, 9.17) is 0 Å². The van der Waals surface area contributed by atoms with E-state index in [0.29, 0.717) is 0 Å². The van der Waals surface area contributed by atoms with Gasteiger partial charge in [0.05, 0.1) is 10.2 Å². The van der Waals surface area contributed by atoms with Crippen LogP contribution in [-0.2, 0) is 0 Å². The van der Waals surface area contributed by atoms with Crippen molar-refractivity contribution in [3.63, 3.8) is 0 Å². The van der Waals surface area contributed by atoms with Crippen LogP contribution >= 0.6 is 11.3 Å². The predicted octanol–water partition coefficient (Wildman–Crippen LogP) is 3.61. The Balaban J connectivity index is 1.94. The molecule has 18 heavy (non-hydrogen) atoms. The third-order valence-electron chi connectivity index (χ3n) is 2.94. The average Bonchev–Trinajstić information content (AvgIpc) is 3.04. The van der Waals surface area contributed by atoms with Crippen LogP contribution in [0.2, 0.25) is 0 Å². The summed E-state index contributed by atoms with van der Waals surface area (Å²) < 4.78 is 3.22. The molecule has 0 atom stereocenters. The van der Waals surface area contributed by atoms with Crippen LogP contribution in [0.15, 0.2) is 55.0 Å². The number of imidazole rings is 1. The second kappa shape index (κ2) is 3.65. The van der Waals surface area contributed by atoms with Crippen molar-refractivity contribution in [3.8, 4) is 10.6 Å². The Kier molecular flexibility index (Phi) is 1.98. The Morgan fingerprint density at radius 1 is 1.06 bits per heavy atom. The first-order chi connectivity index (χ1) is 8.90. The van der Waals surface area contributed by atoms with E-state index in [0.717, 1.165) is 21.7 Å². The van der Waals surface area contributed by atoms with Crippen LogP contribution in [0.3, 0.4) is 0 Å². The molecule has 0 saturated carbocycles. The van der Waals surface area contributed by atoms with Gasteiger partial charge in [-0.1, -0.05) is 12.1 Å². The van der Waals surface area contributed by atoms with Crippen LogP contribution in [-0.4, -0.2) is 14.4 Å². The van der Waals surface area contributed by atoms with Crippen LogP contribution in [0.5, 0.6) is 0 Å². The molecular formula is C14H9N3S. The van der Waals surface area contributed by atoms with Gasteiger partial charge in [-0.05, 0) is 24.3 Å². The summed E-state index contributed by atoms with van der Waals surface area (Å²) in [5.41, 5.74) is 3.13. The van der Waals surface area contributed by atoms with E-state index < -0.39 is 0 Å². The molecule has 0 aliphatic heterocycles. The van der Waals surface area contributed by atoms with Crippen molar-refractivity contribution >= 4 is 27.2 Å².